The molecular formula is C18H21N. The van der Waals surface area contributed by atoms with Crippen LogP contribution in [0.1, 0.15) is 48.9 Å². The lowest BCUT2D eigenvalue weighted by atomic mass is 10.0. The lowest BCUT2D eigenvalue weighted by Crippen LogP contribution is -2.24. The molecule has 0 aromatic heterocycles. The highest BCUT2D eigenvalue weighted by molar-refractivity contribution is 5.23. The molecule has 3 rings (SSSR count). The van der Waals surface area contributed by atoms with Gasteiger partial charge in [-0.25, -0.2) is 0 Å². The van der Waals surface area contributed by atoms with Crippen LogP contribution in [-0.2, 0) is 0 Å². The third-order valence-corrected chi connectivity index (χ3v) is 4.04. The van der Waals surface area contributed by atoms with Crippen molar-refractivity contribution in [1.29, 1.82) is 0 Å². The molecule has 2 aromatic carbocycles. The van der Waals surface area contributed by atoms with Gasteiger partial charge in [0.2, 0.25) is 0 Å². The van der Waals surface area contributed by atoms with E-state index in [1.807, 2.05) is 0 Å². The van der Waals surface area contributed by atoms with Gasteiger partial charge in [-0.15, -0.1) is 0 Å². The fourth-order valence-electron chi connectivity index (χ4n) is 3.00. The number of hydrogen-bond donors (Lipinski definition) is 1. The minimum atomic E-state index is 0.494. The van der Waals surface area contributed by atoms with Gasteiger partial charge in [-0.1, -0.05) is 73.5 Å². The maximum atomic E-state index is 3.85. The van der Waals surface area contributed by atoms with Gasteiger partial charge in [-0.3, -0.25) is 0 Å². The molecule has 1 heteroatoms. The van der Waals surface area contributed by atoms with Crippen LogP contribution in [0, 0.1) is 0 Å². The molecule has 1 aliphatic heterocycles. The zero-order valence-electron chi connectivity index (χ0n) is 11.3. The molecule has 1 aliphatic rings. The molecule has 19 heavy (non-hydrogen) atoms. The van der Waals surface area contributed by atoms with Crippen molar-refractivity contribution in [1.82, 2.24) is 5.32 Å². The van der Waals surface area contributed by atoms with Crippen molar-refractivity contribution in [2.45, 2.75) is 37.8 Å². The van der Waals surface area contributed by atoms with E-state index in [1.165, 1.54) is 36.8 Å². The number of benzene rings is 2. The van der Waals surface area contributed by atoms with E-state index < -0.39 is 0 Å². The molecule has 0 bridgehead atoms. The molecule has 1 N–H and O–H groups in total. The van der Waals surface area contributed by atoms with Gasteiger partial charge >= 0.3 is 0 Å². The fourth-order valence-corrected chi connectivity index (χ4v) is 3.00. The summed E-state index contributed by atoms with van der Waals surface area (Å²) in [4.78, 5) is 0. The van der Waals surface area contributed by atoms with Crippen molar-refractivity contribution in [3.63, 3.8) is 0 Å². The second-order valence-corrected chi connectivity index (χ2v) is 5.38. The van der Waals surface area contributed by atoms with Crippen molar-refractivity contribution >= 4 is 0 Å². The normalized spacial score (nSPS) is 23.8. The summed E-state index contributed by atoms with van der Waals surface area (Å²) >= 11 is 0. The first kappa shape index (κ1) is 12.4. The Hall–Kier alpha value is -1.60. The maximum Gasteiger partial charge on any atom is 0.0325 e. The standard InChI is InChI=1S/C18H21N/c1-3-9-15(10-4-1)17-13-7-8-14-18(19-17)16-11-5-2-6-12-16/h1-6,9-12,17-19H,7-8,13-14H2/t17-,18-/m0/s1. The average molecular weight is 251 g/mol. The smallest absolute Gasteiger partial charge is 0.0325 e. The highest BCUT2D eigenvalue weighted by atomic mass is 15.0. The molecule has 0 amide bonds. The summed E-state index contributed by atoms with van der Waals surface area (Å²) in [6.45, 7) is 0. The molecule has 0 spiro atoms. The summed E-state index contributed by atoms with van der Waals surface area (Å²) in [5.74, 6) is 0. The molecule has 1 saturated heterocycles. The third-order valence-electron chi connectivity index (χ3n) is 4.04. The van der Waals surface area contributed by atoms with Gasteiger partial charge < -0.3 is 5.32 Å². The van der Waals surface area contributed by atoms with Gasteiger partial charge in [0.15, 0.2) is 0 Å². The Morgan fingerprint density at radius 2 is 1.05 bits per heavy atom. The largest absolute Gasteiger partial charge is 0.303 e. The molecule has 1 heterocycles. The molecule has 1 nitrogen and oxygen atoms in total. The Labute approximate surface area is 115 Å². The molecule has 98 valence electrons. The van der Waals surface area contributed by atoms with Gasteiger partial charge in [0.1, 0.15) is 0 Å². The van der Waals surface area contributed by atoms with Crippen LogP contribution in [0.5, 0.6) is 0 Å². The van der Waals surface area contributed by atoms with E-state index in [9.17, 15) is 0 Å². The van der Waals surface area contributed by atoms with Crippen LogP contribution in [-0.4, -0.2) is 0 Å². The van der Waals surface area contributed by atoms with Gasteiger partial charge in [-0.2, -0.15) is 0 Å². The number of nitrogens with one attached hydrogen (secondary N) is 1. The quantitative estimate of drug-likeness (QED) is 0.820. The summed E-state index contributed by atoms with van der Waals surface area (Å²) in [5.41, 5.74) is 2.84. The summed E-state index contributed by atoms with van der Waals surface area (Å²) in [6, 6.07) is 22.7. The predicted octanol–water partition coefficient (Wildman–Crippen LogP) is 4.63. The lowest BCUT2D eigenvalue weighted by molar-refractivity contribution is 0.451. The Morgan fingerprint density at radius 3 is 1.47 bits per heavy atom. The SMILES string of the molecule is c1ccc([C@@H]2CCCC[C@@H](c3ccccc3)N2)cc1. The van der Waals surface area contributed by atoms with Crippen LogP contribution >= 0.6 is 0 Å². The Bertz CT molecular complexity index is 444. The second kappa shape index (κ2) is 6.03. The van der Waals surface area contributed by atoms with Crippen molar-refractivity contribution in [2.24, 2.45) is 0 Å². The maximum absolute atomic E-state index is 3.85. The van der Waals surface area contributed by atoms with Crippen molar-refractivity contribution in [2.75, 3.05) is 0 Å². The van der Waals surface area contributed by atoms with Crippen LogP contribution in [0.25, 0.3) is 0 Å². The topological polar surface area (TPSA) is 12.0 Å². The highest BCUT2D eigenvalue weighted by Crippen LogP contribution is 2.31. The molecular weight excluding hydrogens is 230 g/mol. The summed E-state index contributed by atoms with van der Waals surface area (Å²) < 4.78 is 0. The zero-order chi connectivity index (χ0) is 12.9. The van der Waals surface area contributed by atoms with E-state index in [-0.39, 0.29) is 0 Å². The fraction of sp³-hybridized carbons (Fsp3) is 0.333. The van der Waals surface area contributed by atoms with E-state index in [1.54, 1.807) is 0 Å². The van der Waals surface area contributed by atoms with Crippen molar-refractivity contribution in [3.8, 4) is 0 Å². The first-order valence-corrected chi connectivity index (χ1v) is 7.29. The van der Waals surface area contributed by atoms with Gasteiger partial charge in [0, 0.05) is 12.1 Å². The Balaban J connectivity index is 1.80. The predicted molar refractivity (Wildman–Crippen MR) is 80.0 cm³/mol. The van der Waals surface area contributed by atoms with Gasteiger partial charge in [0.25, 0.3) is 0 Å². The van der Waals surface area contributed by atoms with Crippen LogP contribution in [0.15, 0.2) is 60.7 Å². The van der Waals surface area contributed by atoms with Crippen molar-refractivity contribution in [3.05, 3.63) is 71.8 Å². The minimum Gasteiger partial charge on any atom is -0.303 e. The number of rotatable bonds is 2. The van der Waals surface area contributed by atoms with E-state index in [0.29, 0.717) is 12.1 Å². The van der Waals surface area contributed by atoms with Crippen molar-refractivity contribution < 1.29 is 0 Å². The molecule has 0 aliphatic carbocycles. The first-order chi connectivity index (χ1) is 9.43. The third kappa shape index (κ3) is 3.05. The van der Waals surface area contributed by atoms with Crippen LogP contribution in [0.4, 0.5) is 0 Å². The summed E-state index contributed by atoms with van der Waals surface area (Å²) in [6.07, 6.45) is 5.12. The Morgan fingerprint density at radius 1 is 0.632 bits per heavy atom. The van der Waals surface area contributed by atoms with Crippen LogP contribution in [0.2, 0.25) is 0 Å². The molecule has 0 saturated carbocycles. The monoisotopic (exact) mass is 251 g/mol. The van der Waals surface area contributed by atoms with Gasteiger partial charge in [0.05, 0.1) is 0 Å². The second-order valence-electron chi connectivity index (χ2n) is 5.38. The highest BCUT2D eigenvalue weighted by Gasteiger charge is 2.21. The molecule has 2 aromatic rings. The van der Waals surface area contributed by atoms with E-state index in [0.717, 1.165) is 0 Å². The van der Waals surface area contributed by atoms with Crippen LogP contribution in [0.3, 0.4) is 0 Å². The van der Waals surface area contributed by atoms with Crippen LogP contribution < -0.4 is 5.32 Å². The van der Waals surface area contributed by atoms with Gasteiger partial charge in [-0.05, 0) is 24.0 Å². The summed E-state index contributed by atoms with van der Waals surface area (Å²) in [5, 5.41) is 3.85. The van der Waals surface area contributed by atoms with E-state index in [2.05, 4.69) is 66.0 Å². The van der Waals surface area contributed by atoms with E-state index >= 15 is 0 Å². The first-order valence-electron chi connectivity index (χ1n) is 7.29. The zero-order valence-corrected chi connectivity index (χ0v) is 11.3. The number of hydrogen-bond acceptors (Lipinski definition) is 1. The van der Waals surface area contributed by atoms with E-state index in [4.69, 9.17) is 0 Å². The molecule has 0 unspecified atom stereocenters. The average Bonchev–Trinajstić information content (AvgIpc) is 2.75. The Kier molecular flexibility index (Phi) is 3.95. The molecule has 0 radical (unpaired) electrons. The lowest BCUT2D eigenvalue weighted by Gasteiger charge is -2.23. The minimum absolute atomic E-state index is 0.494. The molecule has 2 atom stereocenters. The molecule has 1 fully saturated rings. The summed E-state index contributed by atoms with van der Waals surface area (Å²) in [7, 11) is 0.